The number of aromatic nitrogens is 2. The molecule has 4 fully saturated rings. The van der Waals surface area contributed by atoms with Crippen LogP contribution in [-0.2, 0) is 61.1 Å². The minimum absolute atomic E-state index is 0.0738. The number of hydrogen-bond acceptors (Lipinski definition) is 22. The summed E-state index contributed by atoms with van der Waals surface area (Å²) in [6, 6.07) is 31.1. The summed E-state index contributed by atoms with van der Waals surface area (Å²) < 4.78 is 77.2. The van der Waals surface area contributed by atoms with E-state index < -0.39 is 43.4 Å². The van der Waals surface area contributed by atoms with E-state index >= 15 is 0 Å². The number of carbonyl (C=O) groups is 4. The van der Waals surface area contributed by atoms with E-state index in [4.69, 9.17) is 49.5 Å². The molecule has 1 atom stereocenters. The highest BCUT2D eigenvalue weighted by Gasteiger charge is 2.40. The molecule has 0 saturated carbocycles. The normalized spacial score (nSPS) is 17.1. The zero-order valence-corrected chi connectivity index (χ0v) is 59.8. The van der Waals surface area contributed by atoms with Crippen molar-refractivity contribution in [1.29, 1.82) is 0 Å². The quantitative estimate of drug-likeness (QED) is 0.0105. The second-order valence-corrected chi connectivity index (χ2v) is 28.5. The summed E-state index contributed by atoms with van der Waals surface area (Å²) in [6.45, 7) is 14.0. The van der Waals surface area contributed by atoms with Gasteiger partial charge in [0.25, 0.3) is 27.5 Å². The highest BCUT2D eigenvalue weighted by molar-refractivity contribution is 7.90. The molecule has 1 unspecified atom stereocenters. The number of pyridine rings is 1. The number of rotatable bonds is 37. The van der Waals surface area contributed by atoms with Crippen LogP contribution >= 0.6 is 11.6 Å². The number of H-pyrrole nitrogens is 1. The van der Waals surface area contributed by atoms with Gasteiger partial charge < -0.3 is 68.2 Å². The van der Waals surface area contributed by atoms with E-state index in [-0.39, 0.29) is 41.2 Å². The first kappa shape index (κ1) is 74.9. The number of amides is 4. The summed E-state index contributed by atoms with van der Waals surface area (Å²) in [5.74, 6) is -0.0376. The van der Waals surface area contributed by atoms with Crippen LogP contribution in [0.15, 0.2) is 126 Å². The van der Waals surface area contributed by atoms with Crippen molar-refractivity contribution in [3.63, 3.8) is 0 Å². The van der Waals surface area contributed by atoms with Crippen LogP contribution in [0.5, 0.6) is 17.2 Å². The number of piperazine rings is 1. The largest absolute Gasteiger partial charge is 0.493 e. The number of anilines is 3. The van der Waals surface area contributed by atoms with Crippen LogP contribution in [0.25, 0.3) is 22.2 Å². The number of ether oxygens (including phenoxy) is 8. The predicted molar refractivity (Wildman–Crippen MR) is 391 cm³/mol. The molecule has 7 aromatic rings. The Balaban J connectivity index is 0.545. The number of fused-ring (bicyclic) bond motifs is 2. The fourth-order valence-corrected chi connectivity index (χ4v) is 14.7. The molecule has 2 aromatic heterocycles. The van der Waals surface area contributed by atoms with E-state index in [2.05, 4.69) is 57.5 Å². The summed E-state index contributed by atoms with van der Waals surface area (Å²) in [5, 5.41) is 22.5. The second kappa shape index (κ2) is 36.8. The number of sulfonamides is 1. The number of piperidine rings is 2. The van der Waals surface area contributed by atoms with Crippen molar-refractivity contribution in [2.45, 2.75) is 69.0 Å². The Kier molecular flexibility index (Phi) is 26.5. The number of benzene rings is 5. The Labute approximate surface area is 609 Å². The van der Waals surface area contributed by atoms with Gasteiger partial charge in [-0.3, -0.25) is 39.5 Å². The maximum absolute atomic E-state index is 14.2. The molecule has 29 heteroatoms. The lowest BCUT2D eigenvalue weighted by molar-refractivity contribution is -0.384. The van der Waals surface area contributed by atoms with Gasteiger partial charge in [0.05, 0.1) is 87.6 Å². The van der Waals surface area contributed by atoms with Crippen LogP contribution in [-0.4, -0.2) is 212 Å². The minimum atomic E-state index is -4.62. The average Bonchev–Trinajstić information content (AvgIpc) is 1.45. The summed E-state index contributed by atoms with van der Waals surface area (Å²) in [7, 11) is -4.62. The number of imide groups is 1. The zero-order chi connectivity index (χ0) is 72.2. The Morgan fingerprint density at radius 3 is 2.15 bits per heavy atom. The SMILES string of the molecule is O=C1CCC(N2Cc3c(NCCOCCOCCOCCOCCOCCCN4CCC(COc5cccc(-c6ccc(Cl)cc6)c5CN5CCN(c6ccc(C(=O)NS(=O)(=O)c7ccc(NCC8CCOCC8)c([N+](=O)[O-])c7)c(Oc7cnc8[nH]ccc8c7)c6)CC5)CC4)cccc3C2=O)C(=O)N1. The van der Waals surface area contributed by atoms with Gasteiger partial charge in [-0.2, -0.15) is 0 Å². The number of nitro groups is 1. The van der Waals surface area contributed by atoms with Gasteiger partial charge in [-0.25, -0.2) is 18.1 Å². The summed E-state index contributed by atoms with van der Waals surface area (Å²) in [4.78, 5) is 78.7. The molecule has 27 nitrogen and oxygen atoms in total. The van der Waals surface area contributed by atoms with Crippen molar-refractivity contribution >= 4 is 79.0 Å². The maximum atomic E-state index is 14.2. The number of likely N-dealkylation sites (tertiary alicyclic amines) is 1. The van der Waals surface area contributed by atoms with Gasteiger partial charge in [0.2, 0.25) is 11.8 Å². The topological polar surface area (TPSA) is 309 Å². The maximum Gasteiger partial charge on any atom is 0.293 e. The molecule has 5 aromatic carbocycles. The number of nitrogens with one attached hydrogen (secondary N) is 5. The summed E-state index contributed by atoms with van der Waals surface area (Å²) in [5.41, 5.74) is 6.45. The number of aromatic amines is 1. The lowest BCUT2D eigenvalue weighted by atomic mass is 9.96. The van der Waals surface area contributed by atoms with Crippen LogP contribution in [0.2, 0.25) is 5.02 Å². The van der Waals surface area contributed by atoms with Crippen molar-refractivity contribution in [2.75, 3.05) is 160 Å². The summed E-state index contributed by atoms with van der Waals surface area (Å²) >= 11 is 6.39. The van der Waals surface area contributed by atoms with Crippen LogP contribution in [0.4, 0.5) is 22.7 Å². The highest BCUT2D eigenvalue weighted by atomic mass is 35.5. The number of hydrogen-bond donors (Lipinski definition) is 5. The zero-order valence-electron chi connectivity index (χ0n) is 58.2. The number of nitrogens with zero attached hydrogens (tertiary/aromatic N) is 6. The second-order valence-electron chi connectivity index (χ2n) is 26.4. The van der Waals surface area contributed by atoms with Gasteiger partial charge in [-0.15, -0.1) is 0 Å². The number of halogens is 1. The number of nitro benzene ring substituents is 1. The Morgan fingerprint density at radius 2 is 1.42 bits per heavy atom. The molecular weight excluding hydrogens is 1380 g/mol. The lowest BCUT2D eigenvalue weighted by Crippen LogP contribution is -2.52. The molecule has 4 saturated heterocycles. The molecule has 5 N–H and O–H groups in total. The van der Waals surface area contributed by atoms with E-state index in [0.29, 0.717) is 173 Å². The molecule has 104 heavy (non-hydrogen) atoms. The van der Waals surface area contributed by atoms with E-state index in [1.165, 1.54) is 24.4 Å². The van der Waals surface area contributed by atoms with Crippen LogP contribution < -0.4 is 35.0 Å². The van der Waals surface area contributed by atoms with Crippen molar-refractivity contribution in [3.8, 4) is 28.4 Å². The Bertz CT molecular complexity index is 4200. The van der Waals surface area contributed by atoms with Gasteiger partial charge in [0, 0.05) is 142 Å². The number of carbonyl (C=O) groups excluding carboxylic acids is 4. The smallest absolute Gasteiger partial charge is 0.293 e. The third-order valence-corrected chi connectivity index (χ3v) is 21.0. The molecule has 12 rings (SSSR count). The standard InChI is InChI=1S/C75H90ClN11O16S/c76-56-10-8-54(9-11-56)60-4-2-7-69(102-51-53-19-26-83(27-20-53)25-3-32-96-36-38-99-40-42-101-43-41-100-39-37-98-35-24-77-65-6-1-5-61-63(65)50-86(75(61)91)67-16-17-71(88)81-74(67)90)64(60)49-84-28-30-85(31-29-84)57-12-14-62(70(45-57)103-58-44-55-18-23-78-72(55)80-48-58)73(89)82-104(94,95)59-13-15-66(68(46-59)87(92)93)79-47-52-21-33-97-34-22-52/h1-2,4-15,18,23,44-46,48,52-53,67,77,79H,3,16-17,19-22,24-43,47,49-51H2,(H,78,80)(H,82,89)(H,81,88,90). The highest BCUT2D eigenvalue weighted by Crippen LogP contribution is 2.38. The van der Waals surface area contributed by atoms with Crippen LogP contribution in [0.1, 0.15) is 76.8 Å². The molecule has 0 bridgehead atoms. The molecule has 5 aliphatic rings. The predicted octanol–water partition coefficient (Wildman–Crippen LogP) is 9.30. The van der Waals surface area contributed by atoms with Gasteiger partial charge in [0.1, 0.15) is 34.6 Å². The van der Waals surface area contributed by atoms with Gasteiger partial charge in [-0.1, -0.05) is 41.9 Å². The minimum Gasteiger partial charge on any atom is -0.493 e. The molecule has 0 aliphatic carbocycles. The van der Waals surface area contributed by atoms with E-state index in [0.717, 1.165) is 103 Å². The van der Waals surface area contributed by atoms with Crippen LogP contribution in [0.3, 0.4) is 0 Å². The fourth-order valence-electron chi connectivity index (χ4n) is 13.6. The Morgan fingerprint density at radius 1 is 0.712 bits per heavy atom. The molecule has 554 valence electrons. The third-order valence-electron chi connectivity index (χ3n) is 19.4. The average molecular weight is 1470 g/mol. The summed E-state index contributed by atoms with van der Waals surface area (Å²) in [6.07, 6.45) is 8.38. The van der Waals surface area contributed by atoms with E-state index in [9.17, 15) is 37.7 Å². The first-order chi connectivity index (χ1) is 50.7. The van der Waals surface area contributed by atoms with E-state index in [1.54, 1.807) is 35.4 Å². The van der Waals surface area contributed by atoms with Gasteiger partial charge in [0.15, 0.2) is 0 Å². The fraction of sp³-hybridized carbons (Fsp3) is 0.453. The monoisotopic (exact) mass is 1470 g/mol. The van der Waals surface area contributed by atoms with Crippen LogP contribution in [0, 0.1) is 22.0 Å². The molecule has 0 radical (unpaired) electrons. The van der Waals surface area contributed by atoms with Gasteiger partial charge in [-0.05, 0) is 141 Å². The van der Waals surface area contributed by atoms with Crippen molar-refractivity contribution in [2.24, 2.45) is 11.8 Å². The third kappa shape index (κ3) is 20.2. The molecule has 4 amide bonds. The first-order valence-electron chi connectivity index (χ1n) is 35.7. The van der Waals surface area contributed by atoms with E-state index in [1.807, 2.05) is 48.5 Å². The molecule has 7 heterocycles. The molecular formula is C75H90ClN11O16S. The first-order valence-corrected chi connectivity index (χ1v) is 37.6. The van der Waals surface area contributed by atoms with Crippen molar-refractivity contribution in [3.05, 3.63) is 159 Å². The van der Waals surface area contributed by atoms with Crippen molar-refractivity contribution in [1.82, 2.24) is 34.7 Å². The van der Waals surface area contributed by atoms with Gasteiger partial charge >= 0.3 is 0 Å². The lowest BCUT2D eigenvalue weighted by Gasteiger charge is -2.37. The molecule has 0 spiro atoms. The Hall–Kier alpha value is -8.81. The molecule has 5 aliphatic heterocycles. The van der Waals surface area contributed by atoms with Crippen molar-refractivity contribution < 1.29 is 70.4 Å².